The first-order valence-electron chi connectivity index (χ1n) is 26.0. The van der Waals surface area contributed by atoms with Crippen LogP contribution in [0, 0.1) is 12.7 Å². The van der Waals surface area contributed by atoms with Gasteiger partial charge in [-0.25, -0.2) is 71.5 Å². The van der Waals surface area contributed by atoms with E-state index in [4.69, 9.17) is 92.6 Å². The number of fused-ring (bicyclic) bond motifs is 1. The number of hydrogen-bond donors (Lipinski definition) is 14. The Morgan fingerprint density at radius 1 is 0.340 bits per heavy atom. The monoisotopic (exact) mass is 1430 g/mol. The van der Waals surface area contributed by atoms with E-state index in [0.29, 0.717) is 17.0 Å². The molecule has 0 saturated heterocycles. The van der Waals surface area contributed by atoms with Crippen LogP contribution in [0.15, 0.2) is 150 Å². The van der Waals surface area contributed by atoms with E-state index in [-0.39, 0.29) is 99.9 Å². The fourth-order valence-corrected chi connectivity index (χ4v) is 7.93. The van der Waals surface area contributed by atoms with E-state index in [1.54, 1.807) is 26.0 Å². The molecule has 506 valence electrons. The second kappa shape index (κ2) is 37.4. The van der Waals surface area contributed by atoms with E-state index < -0.39 is 95.0 Å². The van der Waals surface area contributed by atoms with Gasteiger partial charge in [-0.05, 0) is 180 Å². The van der Waals surface area contributed by atoms with Crippen molar-refractivity contribution in [1.29, 1.82) is 0 Å². The Morgan fingerprint density at radius 2 is 0.629 bits per heavy atom. The topological polar surface area (TPSA) is 541 Å². The first kappa shape index (κ1) is 80.0. The fourth-order valence-electron chi connectivity index (χ4n) is 7.12. The minimum Gasteiger partial charge on any atom is -0.496 e. The Bertz CT molecular complexity index is 4070. The van der Waals surface area contributed by atoms with Gasteiger partial charge >= 0.3 is 83.6 Å². The second-order valence-corrected chi connectivity index (χ2v) is 19.5. The molecule has 0 saturated carbocycles. The van der Waals surface area contributed by atoms with Crippen LogP contribution < -0.4 is 9.47 Å². The molecule has 0 aliphatic rings. The first-order valence-corrected chi connectivity index (χ1v) is 27.2. The molecule has 0 aliphatic heterocycles. The highest BCUT2D eigenvalue weighted by Gasteiger charge is 2.18. The molecular weight excluding hydrogens is 1380 g/mol. The minimum atomic E-state index is -1.42. The number of halogens is 3. The lowest BCUT2D eigenvalue weighted by Gasteiger charge is -2.07. The number of ether oxygens (including phenoxy) is 2. The first-order chi connectivity index (χ1) is 45.3. The van der Waals surface area contributed by atoms with Crippen molar-refractivity contribution in [1.82, 2.24) is 0 Å². The molecule has 0 fully saturated rings. The van der Waals surface area contributed by atoms with Crippen molar-refractivity contribution in [3.05, 3.63) is 244 Å². The standard InChI is InChI=1S/C12H8O4.C10H10O5.C9H8O5.C9H8O4.C8H5BrO4.C8H5ClO4.C8H5FO4/c13-11(14)8-3-1-7-2-4-9(12(15)16)6-10(7)5-8;1-2-15-8-5-6(9(11)12)3-4-7(8)10(13)14;1-14-7-4-5(8(10)11)2-3-6(7)9(12)13;1-5-4-6(8(10)11)2-3-7(5)9(12)13;3*9-6-3-4(7(10)11)1-2-5(6)8(12)13/h1-6H,(H,13,14)(H,15,16);3-5H,2H2,1H3,(H,11,12)(H,13,14);2-4H,1H3,(H,10,11)(H,12,13);2-4H,1H3,(H,10,11)(H,12,13);3*1-3H,(H,10,11)(H,12,13). The van der Waals surface area contributed by atoms with Crippen molar-refractivity contribution in [2.75, 3.05) is 13.7 Å². The number of carbonyl (C=O) groups is 14. The predicted molar refractivity (Wildman–Crippen MR) is 335 cm³/mol. The van der Waals surface area contributed by atoms with Crippen molar-refractivity contribution in [3.8, 4) is 11.5 Å². The molecule has 0 atom stereocenters. The largest absolute Gasteiger partial charge is 0.496 e. The van der Waals surface area contributed by atoms with Gasteiger partial charge in [0, 0.05) is 4.47 Å². The van der Waals surface area contributed by atoms with Crippen LogP contribution in [0.2, 0.25) is 5.02 Å². The van der Waals surface area contributed by atoms with Crippen LogP contribution in [0.5, 0.6) is 11.5 Å². The van der Waals surface area contributed by atoms with Crippen LogP contribution in [0.1, 0.15) is 157 Å². The third kappa shape index (κ3) is 24.8. The summed E-state index contributed by atoms with van der Waals surface area (Å²) in [6.07, 6.45) is 0. The molecule has 97 heavy (non-hydrogen) atoms. The molecule has 0 aliphatic carbocycles. The third-order valence-electron chi connectivity index (χ3n) is 11.8. The number of benzene rings is 8. The number of hydrogen-bond acceptors (Lipinski definition) is 16. The van der Waals surface area contributed by atoms with Crippen LogP contribution in [0.3, 0.4) is 0 Å². The van der Waals surface area contributed by atoms with Gasteiger partial charge in [0.25, 0.3) is 0 Å². The van der Waals surface area contributed by atoms with Crippen molar-refractivity contribution in [2.24, 2.45) is 0 Å². The summed E-state index contributed by atoms with van der Waals surface area (Å²) in [4.78, 5) is 148. The van der Waals surface area contributed by atoms with E-state index in [9.17, 15) is 71.5 Å². The quantitative estimate of drug-likeness (QED) is 0.0403. The SMILES string of the molecule is CCOc1cc(C(=O)O)ccc1C(=O)O.COc1cc(C(=O)O)ccc1C(=O)O.Cc1cc(C(=O)O)ccc1C(=O)O.O=C(O)c1ccc(C(=O)O)c(Br)c1.O=C(O)c1ccc(C(=O)O)c(Cl)c1.O=C(O)c1ccc(C(=O)O)c(F)c1.O=C(O)c1ccc2ccc(C(=O)O)cc2c1. The molecule has 0 amide bonds. The van der Waals surface area contributed by atoms with E-state index in [1.165, 1.54) is 110 Å². The average Bonchev–Trinajstić information content (AvgIpc) is 1.76. The van der Waals surface area contributed by atoms with Crippen molar-refractivity contribution in [2.45, 2.75) is 13.8 Å². The van der Waals surface area contributed by atoms with Crippen molar-refractivity contribution >= 4 is 122 Å². The van der Waals surface area contributed by atoms with Gasteiger partial charge in [0.2, 0.25) is 0 Å². The Labute approximate surface area is 555 Å². The van der Waals surface area contributed by atoms with Crippen LogP contribution in [-0.4, -0.2) is 169 Å². The number of rotatable bonds is 17. The van der Waals surface area contributed by atoms with Gasteiger partial charge in [0.15, 0.2) is 0 Å². The van der Waals surface area contributed by atoms with Gasteiger partial charge in [-0.15, -0.1) is 0 Å². The maximum absolute atomic E-state index is 12.8. The summed E-state index contributed by atoms with van der Waals surface area (Å²) in [5, 5.41) is 122. The molecule has 0 radical (unpaired) electrons. The van der Waals surface area contributed by atoms with Gasteiger partial charge < -0.3 is 81.0 Å². The molecule has 0 bridgehead atoms. The fraction of sp³-hybridized carbons (Fsp3) is 0.0625. The van der Waals surface area contributed by atoms with Crippen LogP contribution in [-0.2, 0) is 0 Å². The third-order valence-corrected chi connectivity index (χ3v) is 12.8. The van der Waals surface area contributed by atoms with Crippen LogP contribution >= 0.6 is 27.5 Å². The lowest BCUT2D eigenvalue weighted by atomic mass is 10.0. The maximum Gasteiger partial charge on any atom is 0.339 e. The molecule has 0 unspecified atom stereocenters. The number of aryl methyl sites for hydroxylation is 1. The molecule has 8 aromatic rings. The van der Waals surface area contributed by atoms with Crippen molar-refractivity contribution in [3.63, 3.8) is 0 Å². The van der Waals surface area contributed by atoms with Gasteiger partial charge in [0.1, 0.15) is 28.4 Å². The molecule has 33 heteroatoms. The smallest absolute Gasteiger partial charge is 0.339 e. The average molecular weight is 1430 g/mol. The van der Waals surface area contributed by atoms with Gasteiger partial charge in [-0.2, -0.15) is 0 Å². The lowest BCUT2D eigenvalue weighted by molar-refractivity contribution is 0.0676. The number of carboxylic acid groups (broad SMARTS) is 14. The van der Waals surface area contributed by atoms with E-state index >= 15 is 0 Å². The summed E-state index contributed by atoms with van der Waals surface area (Å²) in [6.45, 7) is 3.54. The summed E-state index contributed by atoms with van der Waals surface area (Å²) in [5.41, 5.74) is 0.0238. The number of aromatic carboxylic acids is 14. The zero-order valence-corrected chi connectivity index (χ0v) is 51.8. The summed E-state index contributed by atoms with van der Waals surface area (Å²) in [7, 11) is 1.29. The maximum atomic E-state index is 12.8. The molecule has 0 spiro atoms. The minimum absolute atomic E-state index is 0.00319. The Morgan fingerprint density at radius 3 is 0.959 bits per heavy atom. The normalized spacial score (nSPS) is 9.71. The number of methoxy groups -OCH3 is 1. The molecule has 0 heterocycles. The molecule has 14 N–H and O–H groups in total. The Hall–Kier alpha value is -13.1. The molecular formula is C64H49BrClFO30. The molecule has 8 aromatic carbocycles. The van der Waals surface area contributed by atoms with Gasteiger partial charge in [-0.3, -0.25) is 0 Å². The summed E-state index contributed by atoms with van der Waals surface area (Å²) in [5.74, 6) is -16.8. The van der Waals surface area contributed by atoms with Gasteiger partial charge in [0.05, 0.1) is 85.5 Å². The Kier molecular flexibility index (Phi) is 30.9. The second-order valence-electron chi connectivity index (χ2n) is 18.2. The lowest BCUT2D eigenvalue weighted by Crippen LogP contribution is -2.05. The van der Waals surface area contributed by atoms with E-state index in [0.717, 1.165) is 29.7 Å². The summed E-state index contributed by atoms with van der Waals surface area (Å²) >= 11 is 8.50. The Balaban J connectivity index is 0.000000386. The molecule has 0 aromatic heterocycles. The number of carboxylic acids is 14. The molecule has 30 nitrogen and oxygen atoms in total. The van der Waals surface area contributed by atoms with E-state index in [1.807, 2.05) is 0 Å². The van der Waals surface area contributed by atoms with Gasteiger partial charge in [-0.1, -0.05) is 23.7 Å². The highest BCUT2D eigenvalue weighted by Crippen LogP contribution is 2.24. The highest BCUT2D eigenvalue weighted by molar-refractivity contribution is 9.10. The molecule has 8 rings (SSSR count). The van der Waals surface area contributed by atoms with Crippen molar-refractivity contribution < 1.29 is 152 Å². The highest BCUT2D eigenvalue weighted by atomic mass is 79.9. The van der Waals surface area contributed by atoms with Crippen LogP contribution in [0.25, 0.3) is 10.8 Å². The van der Waals surface area contributed by atoms with Crippen LogP contribution in [0.4, 0.5) is 4.39 Å². The predicted octanol–water partition coefficient (Wildman–Crippen LogP) is 11.0. The zero-order chi connectivity index (χ0) is 73.9. The zero-order valence-electron chi connectivity index (χ0n) is 49.5. The summed E-state index contributed by atoms with van der Waals surface area (Å²) < 4.78 is 22.9. The van der Waals surface area contributed by atoms with E-state index in [2.05, 4.69) is 15.9 Å². The summed E-state index contributed by atoms with van der Waals surface area (Å²) in [6, 6.07) is 30.2.